The van der Waals surface area contributed by atoms with E-state index in [1.165, 1.54) is 0 Å². The van der Waals surface area contributed by atoms with Gasteiger partial charge in [-0.1, -0.05) is 11.6 Å². The van der Waals surface area contributed by atoms with Crippen molar-refractivity contribution in [3.05, 3.63) is 10.8 Å². The van der Waals surface area contributed by atoms with Crippen molar-refractivity contribution in [2.24, 2.45) is 0 Å². The zero-order valence-electron chi connectivity index (χ0n) is 7.53. The van der Waals surface area contributed by atoms with Gasteiger partial charge in [0.05, 0.1) is 13.2 Å². The summed E-state index contributed by atoms with van der Waals surface area (Å²) in [5.74, 6) is 0. The van der Waals surface area contributed by atoms with Crippen molar-refractivity contribution >= 4 is 25.5 Å². The summed E-state index contributed by atoms with van der Waals surface area (Å²) >= 11 is 5.56. The monoisotopic (exact) mass is 226 g/mol. The maximum atomic E-state index is 11.7. The smallest absolute Gasteiger partial charge is 0.305 e. The summed E-state index contributed by atoms with van der Waals surface area (Å²) in [5, 5.41) is 0. The fourth-order valence-electron chi connectivity index (χ4n) is 0.648. The van der Waals surface area contributed by atoms with Gasteiger partial charge in [0.1, 0.15) is 11.1 Å². The first-order chi connectivity index (χ1) is 6.10. The van der Waals surface area contributed by atoms with Gasteiger partial charge in [0.25, 0.3) is 0 Å². The average Bonchev–Trinajstić information content (AvgIpc) is 2.05. The van der Waals surface area contributed by atoms with Crippen LogP contribution in [0.25, 0.3) is 0 Å². The maximum absolute atomic E-state index is 11.7. The molecule has 0 aromatic carbocycles. The third kappa shape index (κ3) is 4.05. The molecule has 0 aromatic heterocycles. The highest BCUT2D eigenvalue weighted by Crippen LogP contribution is 2.57. The van der Waals surface area contributed by atoms with Gasteiger partial charge in [0.2, 0.25) is 0 Å². The van der Waals surface area contributed by atoms with E-state index in [-0.39, 0.29) is 18.0 Å². The molecule has 6 heteroatoms. The van der Waals surface area contributed by atoms with E-state index in [2.05, 4.69) is 0 Å². The molecular weight excluding hydrogens is 214 g/mol. The zero-order valence-corrected chi connectivity index (χ0v) is 9.18. The van der Waals surface area contributed by atoms with Gasteiger partial charge in [-0.25, -0.2) is 0 Å². The van der Waals surface area contributed by atoms with E-state index in [1.807, 2.05) is 0 Å². The summed E-state index contributed by atoms with van der Waals surface area (Å²) in [5.41, 5.74) is 0. The Morgan fingerprint density at radius 1 is 1.38 bits per heavy atom. The van der Waals surface area contributed by atoms with Crippen LogP contribution in [0.2, 0.25) is 0 Å². The first kappa shape index (κ1) is 12.8. The van der Waals surface area contributed by atoms with Gasteiger partial charge in [-0.05, 0) is 13.8 Å². The molecule has 0 bridgehead atoms. The Kier molecular flexibility index (Phi) is 6.25. The van der Waals surface area contributed by atoms with E-state index in [4.69, 9.17) is 20.6 Å². The Morgan fingerprint density at radius 2 is 1.85 bits per heavy atom. The molecule has 0 aliphatic carbocycles. The predicted molar refractivity (Wildman–Crippen MR) is 50.9 cm³/mol. The van der Waals surface area contributed by atoms with Crippen LogP contribution in [0.4, 0.5) is 0 Å². The lowest BCUT2D eigenvalue weighted by molar-refractivity contribution is -0.104. The minimum Gasteiger partial charge on any atom is -0.305 e. The van der Waals surface area contributed by atoms with Crippen molar-refractivity contribution in [3.8, 4) is 0 Å². The molecule has 0 unspecified atom stereocenters. The van der Waals surface area contributed by atoms with E-state index in [1.54, 1.807) is 13.8 Å². The van der Waals surface area contributed by atoms with Crippen molar-refractivity contribution in [3.63, 3.8) is 0 Å². The summed E-state index contributed by atoms with van der Waals surface area (Å²) in [4.78, 5) is 10.1. The summed E-state index contributed by atoms with van der Waals surface area (Å²) in [6.07, 6.45) is 1.40. The van der Waals surface area contributed by atoms with Crippen molar-refractivity contribution in [2.75, 3.05) is 13.2 Å². The molecule has 0 radical (unpaired) electrons. The van der Waals surface area contributed by atoms with Gasteiger partial charge in [-0.2, -0.15) is 0 Å². The predicted octanol–water partition coefficient (Wildman–Crippen LogP) is 2.53. The molecule has 4 nitrogen and oxygen atoms in total. The number of allylic oxidation sites excluding steroid dienone is 1. The van der Waals surface area contributed by atoms with Crippen LogP contribution in [0, 0.1) is 0 Å². The van der Waals surface area contributed by atoms with E-state index in [9.17, 15) is 9.36 Å². The number of halogens is 1. The van der Waals surface area contributed by atoms with Crippen molar-refractivity contribution in [1.29, 1.82) is 0 Å². The summed E-state index contributed by atoms with van der Waals surface area (Å²) in [6, 6.07) is 0. The van der Waals surface area contributed by atoms with E-state index < -0.39 is 7.60 Å². The molecule has 0 aliphatic rings. The number of rotatable bonds is 6. The molecule has 0 atom stereocenters. The second-order valence-electron chi connectivity index (χ2n) is 1.96. The molecule has 0 aliphatic heterocycles. The summed E-state index contributed by atoms with van der Waals surface area (Å²) in [7, 11) is -3.43. The summed E-state index contributed by atoms with van der Waals surface area (Å²) in [6.45, 7) is 3.74. The minimum absolute atomic E-state index is 0.189. The van der Waals surface area contributed by atoms with Crippen molar-refractivity contribution in [1.82, 2.24) is 0 Å². The van der Waals surface area contributed by atoms with Gasteiger partial charge in [-0.3, -0.25) is 9.36 Å². The Bertz CT molecular complexity index is 229. The van der Waals surface area contributed by atoms with Crippen LogP contribution < -0.4 is 0 Å². The molecule has 0 rings (SSSR count). The molecule has 13 heavy (non-hydrogen) atoms. The lowest BCUT2D eigenvalue weighted by atomic mass is 10.7. The highest BCUT2D eigenvalue weighted by molar-refractivity contribution is 7.61. The van der Waals surface area contributed by atoms with Crippen molar-refractivity contribution in [2.45, 2.75) is 13.8 Å². The number of aldehydes is 1. The van der Waals surface area contributed by atoms with Crippen LogP contribution in [0.15, 0.2) is 10.8 Å². The molecule has 0 saturated heterocycles. The Hall–Kier alpha value is -0.150. The Morgan fingerprint density at radius 3 is 2.15 bits per heavy atom. The van der Waals surface area contributed by atoms with Crippen molar-refractivity contribution < 1.29 is 18.4 Å². The fraction of sp³-hybridized carbons (Fsp3) is 0.571. The SMILES string of the molecule is CCOP(=O)(OCC)/C(Cl)=C/C=O. The molecule has 0 N–H and O–H groups in total. The molecule has 0 fully saturated rings. The number of hydrogen-bond acceptors (Lipinski definition) is 4. The highest BCUT2D eigenvalue weighted by atomic mass is 35.5. The van der Waals surface area contributed by atoms with Gasteiger partial charge in [0, 0.05) is 6.08 Å². The average molecular weight is 227 g/mol. The largest absolute Gasteiger partial charge is 0.372 e. The second kappa shape index (κ2) is 6.33. The fourth-order valence-corrected chi connectivity index (χ4v) is 2.24. The number of carbonyl (C=O) groups is 1. The van der Waals surface area contributed by atoms with E-state index >= 15 is 0 Å². The third-order valence-corrected chi connectivity index (χ3v) is 3.68. The van der Waals surface area contributed by atoms with Crippen LogP contribution in [0.1, 0.15) is 13.8 Å². The lowest BCUT2D eigenvalue weighted by Crippen LogP contribution is -1.95. The quantitative estimate of drug-likeness (QED) is 0.397. The first-order valence-electron chi connectivity index (χ1n) is 3.81. The second-order valence-corrected chi connectivity index (χ2v) is 4.62. The third-order valence-electron chi connectivity index (χ3n) is 1.07. The van der Waals surface area contributed by atoms with Crippen LogP contribution in [-0.4, -0.2) is 19.5 Å². The standard InChI is InChI=1S/C7H12ClO4P/c1-3-11-13(10,12-4-2)7(8)5-6-9/h5-6H,3-4H2,1-2H3/b7-5+. The van der Waals surface area contributed by atoms with Gasteiger partial charge >= 0.3 is 7.60 Å². The Balaban J connectivity index is 4.66. The lowest BCUT2D eigenvalue weighted by Gasteiger charge is -2.14. The van der Waals surface area contributed by atoms with E-state index in [0.29, 0.717) is 6.29 Å². The number of carbonyl (C=O) groups excluding carboxylic acids is 1. The van der Waals surface area contributed by atoms with E-state index in [0.717, 1.165) is 6.08 Å². The van der Waals surface area contributed by atoms with Gasteiger partial charge in [-0.15, -0.1) is 0 Å². The van der Waals surface area contributed by atoms with Crippen LogP contribution in [0.3, 0.4) is 0 Å². The molecular formula is C7H12ClO4P. The highest BCUT2D eigenvalue weighted by Gasteiger charge is 2.27. The number of hydrogen-bond donors (Lipinski definition) is 0. The molecule has 0 spiro atoms. The minimum atomic E-state index is -3.43. The topological polar surface area (TPSA) is 52.6 Å². The van der Waals surface area contributed by atoms with Crippen LogP contribution >= 0.6 is 19.2 Å². The van der Waals surface area contributed by atoms with Gasteiger partial charge in [0.15, 0.2) is 0 Å². The molecule has 0 aromatic rings. The molecule has 0 amide bonds. The normalized spacial score (nSPS) is 13.0. The maximum Gasteiger partial charge on any atom is 0.372 e. The van der Waals surface area contributed by atoms with Crippen LogP contribution in [0.5, 0.6) is 0 Å². The molecule has 0 saturated carbocycles. The zero-order chi connectivity index (χ0) is 10.3. The first-order valence-corrected chi connectivity index (χ1v) is 5.73. The van der Waals surface area contributed by atoms with Gasteiger partial charge < -0.3 is 9.05 Å². The molecule has 0 heterocycles. The Labute approximate surface area is 82.4 Å². The summed E-state index contributed by atoms with van der Waals surface area (Å²) < 4.78 is 21.2. The van der Waals surface area contributed by atoms with Crippen LogP contribution in [-0.2, 0) is 18.4 Å². The molecule has 76 valence electrons.